The molecule has 0 saturated carbocycles. The van der Waals surface area contributed by atoms with Gasteiger partial charge in [0.25, 0.3) is 17.5 Å². The van der Waals surface area contributed by atoms with Gasteiger partial charge in [-0.15, -0.1) is 0 Å². The van der Waals surface area contributed by atoms with Crippen molar-refractivity contribution in [3.05, 3.63) is 86.1 Å². The summed E-state index contributed by atoms with van der Waals surface area (Å²) in [6.07, 6.45) is 1.19. The van der Waals surface area contributed by atoms with Crippen LogP contribution < -0.4 is 10.2 Å². The summed E-state index contributed by atoms with van der Waals surface area (Å²) in [5, 5.41) is 13.5. The Bertz CT molecular complexity index is 1310. The molecule has 1 aromatic heterocycles. The number of rotatable bonds is 4. The number of benzene rings is 2. The van der Waals surface area contributed by atoms with E-state index in [0.29, 0.717) is 10.6 Å². The number of halogens is 2. The number of furan rings is 1. The second kappa shape index (κ2) is 8.29. The highest BCUT2D eigenvalue weighted by Gasteiger charge is 2.37. The minimum Gasteiger partial charge on any atom is -0.457 e. The van der Waals surface area contributed by atoms with Gasteiger partial charge in [-0.2, -0.15) is 0 Å². The van der Waals surface area contributed by atoms with Crippen LogP contribution in [0.2, 0.25) is 10.0 Å². The quantitative estimate of drug-likeness (QED) is 0.251. The summed E-state index contributed by atoms with van der Waals surface area (Å²) >= 11 is 12.0. The van der Waals surface area contributed by atoms with Gasteiger partial charge in [0.05, 0.1) is 15.6 Å². The van der Waals surface area contributed by atoms with Crippen LogP contribution in [-0.4, -0.2) is 22.8 Å². The molecule has 2 heterocycles. The minimum absolute atomic E-state index is 0.0961. The molecule has 4 amide bonds. The Morgan fingerprint density at radius 1 is 1.00 bits per heavy atom. The van der Waals surface area contributed by atoms with Gasteiger partial charge in [0.2, 0.25) is 0 Å². The number of anilines is 1. The first-order valence-electron chi connectivity index (χ1n) is 8.96. The Kier molecular flexibility index (Phi) is 5.52. The Morgan fingerprint density at radius 3 is 2.38 bits per heavy atom. The SMILES string of the molecule is O=C1NC(=O)N(c2ccc(Cl)cc2)C(=O)C1=Cc1ccc(-c2ccc([N+](=O)[O-])cc2Cl)o1. The number of carbonyl (C=O) groups is 3. The van der Waals surface area contributed by atoms with Crippen LogP contribution in [0.1, 0.15) is 5.76 Å². The third-order valence-electron chi connectivity index (χ3n) is 4.53. The zero-order chi connectivity index (χ0) is 23.0. The molecule has 0 bridgehead atoms. The van der Waals surface area contributed by atoms with E-state index < -0.39 is 22.8 Å². The van der Waals surface area contributed by atoms with E-state index in [1.165, 1.54) is 60.7 Å². The fourth-order valence-electron chi connectivity index (χ4n) is 3.02. The van der Waals surface area contributed by atoms with Crippen LogP contribution >= 0.6 is 23.2 Å². The maximum Gasteiger partial charge on any atom is 0.335 e. The molecule has 0 radical (unpaired) electrons. The predicted octanol–water partition coefficient (Wildman–Crippen LogP) is 4.83. The summed E-state index contributed by atoms with van der Waals surface area (Å²) in [7, 11) is 0. The molecule has 0 aliphatic carbocycles. The van der Waals surface area contributed by atoms with Crippen LogP contribution in [-0.2, 0) is 9.59 Å². The summed E-state index contributed by atoms with van der Waals surface area (Å²) in [4.78, 5) is 48.5. The Balaban J connectivity index is 1.66. The molecule has 4 rings (SSSR count). The van der Waals surface area contributed by atoms with Crippen molar-refractivity contribution in [2.75, 3.05) is 4.90 Å². The van der Waals surface area contributed by atoms with E-state index in [-0.39, 0.29) is 33.5 Å². The Morgan fingerprint density at radius 2 is 1.72 bits per heavy atom. The molecule has 0 unspecified atom stereocenters. The van der Waals surface area contributed by atoms with E-state index in [2.05, 4.69) is 5.32 Å². The molecule has 0 spiro atoms. The summed E-state index contributed by atoms with van der Waals surface area (Å²) < 4.78 is 5.65. The fraction of sp³-hybridized carbons (Fsp3) is 0. The largest absolute Gasteiger partial charge is 0.457 e. The van der Waals surface area contributed by atoms with Crippen molar-refractivity contribution < 1.29 is 23.7 Å². The monoisotopic (exact) mass is 471 g/mol. The molecule has 2 aromatic carbocycles. The van der Waals surface area contributed by atoms with Crippen LogP contribution in [0.4, 0.5) is 16.2 Å². The second-order valence-corrected chi connectivity index (χ2v) is 7.40. The normalized spacial score (nSPS) is 15.2. The number of nitrogens with one attached hydrogen (secondary N) is 1. The van der Waals surface area contributed by atoms with Gasteiger partial charge in [0.1, 0.15) is 17.1 Å². The van der Waals surface area contributed by atoms with Crippen LogP contribution in [0.15, 0.2) is 64.6 Å². The van der Waals surface area contributed by atoms with Crippen LogP contribution in [0.25, 0.3) is 17.4 Å². The molecule has 11 heteroatoms. The standard InChI is InChI=1S/C21H11Cl2N3O6/c22-11-1-3-12(4-2-11)25-20(28)16(19(27)24-21(25)29)10-14-6-8-18(32-14)15-7-5-13(26(30)31)9-17(15)23/h1-10H,(H,24,27,29). The van der Waals surface area contributed by atoms with E-state index in [1.807, 2.05) is 0 Å². The maximum atomic E-state index is 12.9. The van der Waals surface area contributed by atoms with E-state index >= 15 is 0 Å². The zero-order valence-corrected chi connectivity index (χ0v) is 17.4. The number of nitro groups is 1. The smallest absolute Gasteiger partial charge is 0.335 e. The lowest BCUT2D eigenvalue weighted by Gasteiger charge is -2.26. The number of urea groups is 1. The minimum atomic E-state index is -0.891. The molecule has 160 valence electrons. The molecule has 1 aliphatic heterocycles. The Labute approximate surface area is 190 Å². The van der Waals surface area contributed by atoms with Crippen molar-refractivity contribution in [1.29, 1.82) is 0 Å². The molecule has 0 atom stereocenters. The van der Waals surface area contributed by atoms with Crippen LogP contribution in [0, 0.1) is 10.1 Å². The number of non-ortho nitro benzene ring substituents is 1. The van der Waals surface area contributed by atoms with Gasteiger partial charge in [-0.1, -0.05) is 23.2 Å². The van der Waals surface area contributed by atoms with Crippen molar-refractivity contribution in [3.63, 3.8) is 0 Å². The molecule has 1 fully saturated rings. The number of hydrogen-bond donors (Lipinski definition) is 1. The van der Waals surface area contributed by atoms with Crippen molar-refractivity contribution >= 4 is 58.5 Å². The average molecular weight is 472 g/mol. The molecular weight excluding hydrogens is 461 g/mol. The Hall–Kier alpha value is -3.95. The van der Waals surface area contributed by atoms with Crippen LogP contribution in [0.5, 0.6) is 0 Å². The zero-order valence-electron chi connectivity index (χ0n) is 15.9. The maximum absolute atomic E-state index is 12.9. The van der Waals surface area contributed by atoms with E-state index in [0.717, 1.165) is 4.90 Å². The van der Waals surface area contributed by atoms with Crippen molar-refractivity contribution in [2.24, 2.45) is 0 Å². The first-order chi connectivity index (χ1) is 15.2. The molecule has 1 aliphatic rings. The number of hydrogen-bond acceptors (Lipinski definition) is 6. The van der Waals surface area contributed by atoms with Gasteiger partial charge in [0, 0.05) is 22.7 Å². The molecule has 3 aromatic rings. The third kappa shape index (κ3) is 3.98. The number of amides is 4. The molecular formula is C21H11Cl2N3O6. The fourth-order valence-corrected chi connectivity index (χ4v) is 3.41. The number of carbonyl (C=O) groups excluding carboxylic acids is 3. The number of nitrogens with zero attached hydrogens (tertiary/aromatic N) is 2. The summed E-state index contributed by atoms with van der Waals surface area (Å²) in [5.74, 6) is -1.31. The molecule has 32 heavy (non-hydrogen) atoms. The number of imide groups is 2. The number of nitro benzene ring substituents is 1. The van der Waals surface area contributed by atoms with Gasteiger partial charge in [-0.25, -0.2) is 9.69 Å². The summed E-state index contributed by atoms with van der Waals surface area (Å²) in [6, 6.07) is 12.0. The topological polar surface area (TPSA) is 123 Å². The van der Waals surface area contributed by atoms with E-state index in [4.69, 9.17) is 27.6 Å². The highest BCUT2D eigenvalue weighted by molar-refractivity contribution is 6.39. The van der Waals surface area contributed by atoms with Gasteiger partial charge < -0.3 is 4.42 Å². The van der Waals surface area contributed by atoms with Crippen LogP contribution in [0.3, 0.4) is 0 Å². The van der Waals surface area contributed by atoms with Crippen molar-refractivity contribution in [3.8, 4) is 11.3 Å². The third-order valence-corrected chi connectivity index (χ3v) is 5.09. The predicted molar refractivity (Wildman–Crippen MR) is 116 cm³/mol. The van der Waals surface area contributed by atoms with Gasteiger partial charge in [-0.3, -0.25) is 25.0 Å². The molecule has 1 saturated heterocycles. The lowest BCUT2D eigenvalue weighted by Crippen LogP contribution is -2.54. The van der Waals surface area contributed by atoms with E-state index in [9.17, 15) is 24.5 Å². The molecule has 9 nitrogen and oxygen atoms in total. The summed E-state index contributed by atoms with van der Waals surface area (Å²) in [5.41, 5.74) is 0.117. The molecule has 1 N–H and O–H groups in total. The van der Waals surface area contributed by atoms with Gasteiger partial charge in [-0.05, 0) is 48.5 Å². The lowest BCUT2D eigenvalue weighted by atomic mass is 10.1. The van der Waals surface area contributed by atoms with Crippen molar-refractivity contribution in [1.82, 2.24) is 5.32 Å². The summed E-state index contributed by atoms with van der Waals surface area (Å²) in [6.45, 7) is 0. The number of barbiturate groups is 1. The van der Waals surface area contributed by atoms with Gasteiger partial charge in [0.15, 0.2) is 0 Å². The lowest BCUT2D eigenvalue weighted by molar-refractivity contribution is -0.384. The first-order valence-corrected chi connectivity index (χ1v) is 9.71. The van der Waals surface area contributed by atoms with Gasteiger partial charge >= 0.3 is 6.03 Å². The highest BCUT2D eigenvalue weighted by Crippen LogP contribution is 2.33. The average Bonchev–Trinajstić information content (AvgIpc) is 3.20. The van der Waals surface area contributed by atoms with Crippen molar-refractivity contribution in [2.45, 2.75) is 0 Å². The highest BCUT2D eigenvalue weighted by atomic mass is 35.5. The first kappa shape index (κ1) is 21.3. The second-order valence-electron chi connectivity index (χ2n) is 6.56. The van der Waals surface area contributed by atoms with E-state index in [1.54, 1.807) is 0 Å².